The van der Waals surface area contributed by atoms with Gasteiger partial charge in [0.25, 0.3) is 0 Å². The van der Waals surface area contributed by atoms with Crippen molar-refractivity contribution in [2.75, 3.05) is 13.1 Å². The maximum atomic E-state index is 13.0. The number of carboxylic acids is 1. The smallest absolute Gasteiger partial charge is 0.412 e. The van der Waals surface area contributed by atoms with E-state index >= 15 is 0 Å². The minimum absolute atomic E-state index is 0.139. The third-order valence-electron chi connectivity index (χ3n) is 6.52. The lowest BCUT2D eigenvalue weighted by atomic mass is 9.84. The molecule has 0 bridgehead atoms. The third-order valence-corrected chi connectivity index (χ3v) is 6.75. The fourth-order valence-electron chi connectivity index (χ4n) is 4.81. The van der Waals surface area contributed by atoms with Crippen LogP contribution >= 0.6 is 11.6 Å². The monoisotopic (exact) mass is 491 g/mol. The summed E-state index contributed by atoms with van der Waals surface area (Å²) in [6, 6.07) is 12.8. The molecule has 5 rings (SSSR count). The van der Waals surface area contributed by atoms with E-state index in [1.165, 1.54) is 4.90 Å². The van der Waals surface area contributed by atoms with E-state index in [1.807, 2.05) is 24.3 Å². The standard InChI is InChI=1S/C23H22ClNO9/c24-10-5-6-16-12(7-10)14-9-25(8-13(14)11-3-1-2-4-15(11)32-16)23(31)34-22-19(28)17(26)18(27)20(33-22)21(29)30/h1-7,13-14,17-20,22,26-28H,8-9H2,(H,29,30)/t13-,14-,17-,18-,19+,20-,22-/m0/s1. The molecule has 0 aliphatic carbocycles. The average Bonchev–Trinajstić information content (AvgIpc) is 3.21. The summed E-state index contributed by atoms with van der Waals surface area (Å²) in [4.78, 5) is 25.7. The second kappa shape index (κ2) is 8.71. The largest absolute Gasteiger partial charge is 0.479 e. The number of fused-ring (bicyclic) bond motifs is 5. The number of carboxylic acid groups (broad SMARTS) is 1. The van der Waals surface area contributed by atoms with Crippen molar-refractivity contribution in [3.63, 3.8) is 0 Å². The lowest BCUT2D eigenvalue weighted by Crippen LogP contribution is -2.61. The highest BCUT2D eigenvalue weighted by Gasteiger charge is 2.50. The Labute approximate surface area is 198 Å². The number of halogens is 1. The number of likely N-dealkylation sites (tertiary alicyclic amines) is 1. The number of benzene rings is 2. The van der Waals surface area contributed by atoms with Crippen LogP contribution in [0.1, 0.15) is 23.0 Å². The van der Waals surface area contributed by atoms with Gasteiger partial charge in [0, 0.05) is 41.1 Å². The molecule has 0 saturated carbocycles. The van der Waals surface area contributed by atoms with Crippen molar-refractivity contribution < 1.29 is 44.2 Å². The molecule has 3 heterocycles. The molecule has 3 aliphatic heterocycles. The number of rotatable bonds is 2. The summed E-state index contributed by atoms with van der Waals surface area (Å²) in [5, 5.41) is 39.7. The Morgan fingerprint density at radius 1 is 0.941 bits per heavy atom. The lowest BCUT2D eigenvalue weighted by molar-refractivity contribution is -0.279. The van der Waals surface area contributed by atoms with E-state index in [4.69, 9.17) is 25.8 Å². The minimum Gasteiger partial charge on any atom is -0.479 e. The normalized spacial score (nSPS) is 32.0. The molecule has 0 unspecified atom stereocenters. The Morgan fingerprint density at radius 3 is 2.35 bits per heavy atom. The molecular formula is C23H22ClNO9. The zero-order valence-electron chi connectivity index (χ0n) is 17.7. The molecule has 0 radical (unpaired) electrons. The van der Waals surface area contributed by atoms with Gasteiger partial charge in [-0.25, -0.2) is 9.59 Å². The van der Waals surface area contributed by atoms with Gasteiger partial charge in [-0.3, -0.25) is 0 Å². The number of aliphatic carboxylic acids is 1. The molecule has 11 heteroatoms. The SMILES string of the molecule is O=C(O)[C@H]1O[C@@H](OC(=O)N2C[C@H]3c4ccccc4Oc4ccc(Cl)cc4[C@@H]3C2)[C@H](O)[C@@H](O)[C@@H]1O. The number of carbonyl (C=O) groups is 2. The van der Waals surface area contributed by atoms with Gasteiger partial charge in [0.15, 0.2) is 6.10 Å². The maximum Gasteiger partial charge on any atom is 0.412 e. The predicted molar refractivity (Wildman–Crippen MR) is 116 cm³/mol. The van der Waals surface area contributed by atoms with E-state index in [-0.39, 0.29) is 24.9 Å². The summed E-state index contributed by atoms with van der Waals surface area (Å²) < 4.78 is 16.4. The molecule has 7 atom stereocenters. The van der Waals surface area contributed by atoms with E-state index in [0.29, 0.717) is 16.5 Å². The zero-order valence-corrected chi connectivity index (χ0v) is 18.4. The van der Waals surface area contributed by atoms with Gasteiger partial charge in [-0.2, -0.15) is 0 Å². The second-order valence-corrected chi connectivity index (χ2v) is 9.00. The first kappa shape index (κ1) is 22.9. The van der Waals surface area contributed by atoms with Gasteiger partial charge in [0.05, 0.1) is 0 Å². The van der Waals surface area contributed by atoms with Crippen LogP contribution in [0.2, 0.25) is 5.02 Å². The Hall–Kier alpha value is -2.89. The summed E-state index contributed by atoms with van der Waals surface area (Å²) in [6.45, 7) is 0.497. The average molecular weight is 492 g/mol. The molecule has 10 nitrogen and oxygen atoms in total. The first-order valence-electron chi connectivity index (χ1n) is 10.7. The van der Waals surface area contributed by atoms with Crippen LogP contribution in [-0.2, 0) is 14.3 Å². The Kier molecular flexibility index (Phi) is 5.86. The zero-order chi connectivity index (χ0) is 24.1. The summed E-state index contributed by atoms with van der Waals surface area (Å²) in [6.07, 6.45) is -10.1. The second-order valence-electron chi connectivity index (χ2n) is 8.56. The highest BCUT2D eigenvalue weighted by molar-refractivity contribution is 6.30. The van der Waals surface area contributed by atoms with Crippen molar-refractivity contribution in [3.05, 3.63) is 58.6 Å². The van der Waals surface area contributed by atoms with Gasteiger partial charge in [0.1, 0.15) is 29.8 Å². The Morgan fingerprint density at radius 2 is 1.62 bits per heavy atom. The highest BCUT2D eigenvalue weighted by atomic mass is 35.5. The molecular weight excluding hydrogens is 470 g/mol. The molecule has 0 aromatic heterocycles. The lowest BCUT2D eigenvalue weighted by Gasteiger charge is -2.38. The van der Waals surface area contributed by atoms with Gasteiger partial charge in [-0.05, 0) is 24.3 Å². The first-order chi connectivity index (χ1) is 16.2. The topological polar surface area (TPSA) is 146 Å². The number of ether oxygens (including phenoxy) is 3. The molecule has 0 spiro atoms. The molecule has 2 aromatic carbocycles. The Balaban J connectivity index is 1.40. The fourth-order valence-corrected chi connectivity index (χ4v) is 4.99. The van der Waals surface area contributed by atoms with Crippen molar-refractivity contribution in [2.45, 2.75) is 42.5 Å². The summed E-state index contributed by atoms with van der Waals surface area (Å²) in [5.41, 5.74) is 1.75. The molecule has 2 saturated heterocycles. The Bertz CT molecular complexity index is 1130. The number of para-hydroxylation sites is 1. The van der Waals surface area contributed by atoms with Crippen LogP contribution in [0, 0.1) is 0 Å². The summed E-state index contributed by atoms with van der Waals surface area (Å²) >= 11 is 6.24. The molecule has 34 heavy (non-hydrogen) atoms. The van der Waals surface area contributed by atoms with Gasteiger partial charge in [-0.1, -0.05) is 29.8 Å². The quantitative estimate of drug-likeness (QED) is 0.492. The number of aliphatic hydroxyl groups excluding tert-OH is 3. The number of aliphatic hydroxyl groups is 3. The van der Waals surface area contributed by atoms with Crippen LogP contribution in [0.25, 0.3) is 0 Å². The molecule has 2 fully saturated rings. The van der Waals surface area contributed by atoms with Gasteiger partial charge in [-0.15, -0.1) is 0 Å². The van der Waals surface area contributed by atoms with E-state index in [0.717, 1.165) is 11.1 Å². The van der Waals surface area contributed by atoms with Gasteiger partial charge >= 0.3 is 12.1 Å². The van der Waals surface area contributed by atoms with Crippen LogP contribution in [0.5, 0.6) is 11.5 Å². The van der Waals surface area contributed by atoms with Crippen LogP contribution in [-0.4, -0.2) is 81.2 Å². The van der Waals surface area contributed by atoms with Crippen molar-refractivity contribution in [1.82, 2.24) is 4.90 Å². The summed E-state index contributed by atoms with van der Waals surface area (Å²) in [7, 11) is 0. The van der Waals surface area contributed by atoms with E-state index in [2.05, 4.69) is 0 Å². The van der Waals surface area contributed by atoms with Crippen molar-refractivity contribution in [2.24, 2.45) is 0 Å². The predicted octanol–water partition coefficient (Wildman–Crippen LogP) is 1.66. The molecule has 1 amide bonds. The molecule has 3 aliphatic rings. The summed E-state index contributed by atoms with van der Waals surface area (Å²) in [5.74, 6) is -0.567. The number of nitrogens with zero attached hydrogens (tertiary/aromatic N) is 1. The highest BCUT2D eigenvalue weighted by Crippen LogP contribution is 2.50. The van der Waals surface area contributed by atoms with Gasteiger partial charge < -0.3 is 39.5 Å². The minimum atomic E-state index is -1.88. The van der Waals surface area contributed by atoms with Crippen LogP contribution in [0.15, 0.2) is 42.5 Å². The van der Waals surface area contributed by atoms with Crippen LogP contribution < -0.4 is 4.74 Å². The third kappa shape index (κ3) is 3.87. The van der Waals surface area contributed by atoms with Crippen molar-refractivity contribution in [3.8, 4) is 11.5 Å². The number of amides is 1. The van der Waals surface area contributed by atoms with Crippen LogP contribution in [0.4, 0.5) is 4.79 Å². The van der Waals surface area contributed by atoms with Crippen molar-refractivity contribution in [1.29, 1.82) is 0 Å². The number of hydrogen-bond acceptors (Lipinski definition) is 8. The van der Waals surface area contributed by atoms with Crippen molar-refractivity contribution >= 4 is 23.7 Å². The molecule has 4 N–H and O–H groups in total. The molecule has 180 valence electrons. The van der Waals surface area contributed by atoms with E-state index in [1.54, 1.807) is 18.2 Å². The first-order valence-corrected chi connectivity index (χ1v) is 11.1. The number of carbonyl (C=O) groups excluding carboxylic acids is 1. The molecule has 2 aromatic rings. The fraction of sp³-hybridized carbons (Fsp3) is 0.391. The van der Waals surface area contributed by atoms with Crippen LogP contribution in [0.3, 0.4) is 0 Å². The van der Waals surface area contributed by atoms with E-state index < -0.39 is 42.8 Å². The number of hydrogen-bond donors (Lipinski definition) is 4. The van der Waals surface area contributed by atoms with Gasteiger partial charge in [0.2, 0.25) is 6.29 Å². The van der Waals surface area contributed by atoms with E-state index in [9.17, 15) is 30.0 Å². The maximum absolute atomic E-state index is 13.0.